The van der Waals surface area contributed by atoms with Crippen LogP contribution in [0.3, 0.4) is 0 Å². The molecule has 0 aliphatic carbocycles. The van der Waals surface area contributed by atoms with Crippen molar-refractivity contribution in [2.24, 2.45) is 4.99 Å². The molecule has 2 rings (SSSR count). The summed E-state index contributed by atoms with van der Waals surface area (Å²) >= 11 is 2.85. The summed E-state index contributed by atoms with van der Waals surface area (Å²) in [5, 5.41) is 0. The lowest BCUT2D eigenvalue weighted by Crippen LogP contribution is -1.90. The Morgan fingerprint density at radius 1 is 1.36 bits per heavy atom. The molecule has 0 aromatic heterocycles. The number of rotatable bonds is 2. The van der Waals surface area contributed by atoms with Gasteiger partial charge in [-0.1, -0.05) is 30.0 Å². The molecule has 1 amide bonds. The van der Waals surface area contributed by atoms with Gasteiger partial charge < -0.3 is 4.72 Å². The average Bonchev–Trinajstić information content (AvgIpc) is 2.63. The van der Waals surface area contributed by atoms with Gasteiger partial charge in [0.1, 0.15) is 0 Å². The fraction of sp³-hybridized carbons (Fsp3) is 0.111. The van der Waals surface area contributed by atoms with E-state index in [2.05, 4.69) is 9.71 Å². The standard InChI is InChI=1S/C9H8N2OS2/c12-8-6-13-9(10-8)14-11-7-4-2-1-3-5-7/h1-5,11H,6H2. The molecule has 1 aliphatic heterocycles. The molecule has 1 aliphatic rings. The van der Waals surface area contributed by atoms with Crippen LogP contribution in [0.15, 0.2) is 35.3 Å². The number of carbonyl (C=O) groups is 1. The van der Waals surface area contributed by atoms with E-state index in [1.807, 2.05) is 30.3 Å². The van der Waals surface area contributed by atoms with E-state index in [1.165, 1.54) is 23.7 Å². The first-order chi connectivity index (χ1) is 6.84. The molecule has 72 valence electrons. The Hall–Kier alpha value is -0.940. The van der Waals surface area contributed by atoms with Crippen molar-refractivity contribution in [2.45, 2.75) is 0 Å². The third-order valence-corrected chi connectivity index (χ3v) is 3.50. The van der Waals surface area contributed by atoms with E-state index < -0.39 is 0 Å². The van der Waals surface area contributed by atoms with Crippen LogP contribution in [0.25, 0.3) is 0 Å². The largest absolute Gasteiger partial charge is 0.324 e. The minimum Gasteiger partial charge on any atom is -0.324 e. The monoisotopic (exact) mass is 224 g/mol. The molecule has 0 fully saturated rings. The zero-order chi connectivity index (χ0) is 9.80. The molecular weight excluding hydrogens is 216 g/mol. The van der Waals surface area contributed by atoms with Crippen LogP contribution in [0.4, 0.5) is 5.69 Å². The Morgan fingerprint density at radius 3 is 2.79 bits per heavy atom. The lowest BCUT2D eigenvalue weighted by Gasteiger charge is -2.02. The summed E-state index contributed by atoms with van der Waals surface area (Å²) in [4.78, 5) is 14.7. The summed E-state index contributed by atoms with van der Waals surface area (Å²) in [6, 6.07) is 9.81. The van der Waals surface area contributed by atoms with Crippen LogP contribution in [-0.4, -0.2) is 16.0 Å². The molecule has 1 aromatic carbocycles. The van der Waals surface area contributed by atoms with Gasteiger partial charge in [-0.2, -0.15) is 4.99 Å². The summed E-state index contributed by atoms with van der Waals surface area (Å²) < 4.78 is 3.91. The van der Waals surface area contributed by atoms with Gasteiger partial charge in [0.25, 0.3) is 5.91 Å². The van der Waals surface area contributed by atoms with Crippen molar-refractivity contribution in [1.82, 2.24) is 0 Å². The number of para-hydroxylation sites is 1. The van der Waals surface area contributed by atoms with E-state index in [0.717, 1.165) is 10.1 Å². The molecule has 5 heteroatoms. The highest BCUT2D eigenvalue weighted by molar-refractivity contribution is 8.39. The van der Waals surface area contributed by atoms with Gasteiger partial charge in [-0.15, -0.1) is 0 Å². The number of thioether (sulfide) groups is 1. The van der Waals surface area contributed by atoms with E-state index >= 15 is 0 Å². The third-order valence-electron chi connectivity index (χ3n) is 1.57. The van der Waals surface area contributed by atoms with Gasteiger partial charge in [0.2, 0.25) is 0 Å². The summed E-state index contributed by atoms with van der Waals surface area (Å²) in [6.07, 6.45) is 0. The first kappa shape index (κ1) is 9.61. The van der Waals surface area contributed by atoms with E-state index in [0.29, 0.717) is 5.75 Å². The average molecular weight is 224 g/mol. The fourth-order valence-electron chi connectivity index (χ4n) is 0.951. The van der Waals surface area contributed by atoms with Crippen LogP contribution in [0.1, 0.15) is 0 Å². The van der Waals surface area contributed by atoms with Crippen molar-refractivity contribution >= 4 is 39.7 Å². The van der Waals surface area contributed by atoms with Gasteiger partial charge in [-0.25, -0.2) is 0 Å². The fourth-order valence-corrected chi connectivity index (χ4v) is 2.45. The SMILES string of the molecule is O=C1CSC(SNc2ccccc2)=N1. The molecular formula is C9H8N2OS2. The Kier molecular flexibility index (Phi) is 3.10. The number of nitrogens with zero attached hydrogens (tertiary/aromatic N) is 1. The van der Waals surface area contributed by atoms with Gasteiger partial charge in [-0.3, -0.25) is 4.79 Å². The Bertz CT molecular complexity index is 364. The number of amides is 1. The maximum absolute atomic E-state index is 10.8. The zero-order valence-corrected chi connectivity index (χ0v) is 8.90. The molecule has 1 heterocycles. The lowest BCUT2D eigenvalue weighted by molar-refractivity contribution is -0.115. The van der Waals surface area contributed by atoms with E-state index in [1.54, 1.807) is 0 Å². The van der Waals surface area contributed by atoms with Crippen LogP contribution in [-0.2, 0) is 4.79 Å². The maximum Gasteiger partial charge on any atom is 0.257 e. The molecule has 0 saturated heterocycles. The number of benzene rings is 1. The zero-order valence-electron chi connectivity index (χ0n) is 7.27. The minimum absolute atomic E-state index is 0.0487. The van der Waals surface area contributed by atoms with Gasteiger partial charge in [0.05, 0.1) is 5.75 Å². The molecule has 1 N–H and O–H groups in total. The topological polar surface area (TPSA) is 41.5 Å². The Labute approximate surface area is 90.5 Å². The van der Waals surface area contributed by atoms with Gasteiger partial charge in [0.15, 0.2) is 4.38 Å². The van der Waals surface area contributed by atoms with Crippen molar-refractivity contribution in [1.29, 1.82) is 0 Å². The van der Waals surface area contributed by atoms with Crippen molar-refractivity contribution in [3.63, 3.8) is 0 Å². The van der Waals surface area contributed by atoms with E-state index in [9.17, 15) is 4.79 Å². The highest BCUT2D eigenvalue weighted by atomic mass is 32.2. The molecule has 0 spiro atoms. The van der Waals surface area contributed by atoms with Crippen LogP contribution < -0.4 is 4.72 Å². The third kappa shape index (κ3) is 2.52. The minimum atomic E-state index is -0.0487. The molecule has 1 aromatic rings. The summed E-state index contributed by atoms with van der Waals surface area (Å²) in [5.41, 5.74) is 1.01. The predicted molar refractivity (Wildman–Crippen MR) is 62.6 cm³/mol. The molecule has 0 radical (unpaired) electrons. The maximum atomic E-state index is 10.8. The number of aliphatic imine (C=N–C) groups is 1. The molecule has 0 bridgehead atoms. The number of nitrogens with one attached hydrogen (secondary N) is 1. The molecule has 0 saturated carbocycles. The van der Waals surface area contributed by atoms with Crippen LogP contribution in [0.2, 0.25) is 0 Å². The lowest BCUT2D eigenvalue weighted by atomic mass is 10.3. The van der Waals surface area contributed by atoms with Crippen molar-refractivity contribution < 1.29 is 4.79 Å². The predicted octanol–water partition coefficient (Wildman–Crippen LogP) is 2.38. The van der Waals surface area contributed by atoms with Crippen LogP contribution in [0, 0.1) is 0 Å². The van der Waals surface area contributed by atoms with Gasteiger partial charge in [0, 0.05) is 17.6 Å². The first-order valence-electron chi connectivity index (χ1n) is 4.07. The number of anilines is 1. The molecule has 14 heavy (non-hydrogen) atoms. The Morgan fingerprint density at radius 2 is 2.14 bits per heavy atom. The molecule has 3 nitrogen and oxygen atoms in total. The first-order valence-corrected chi connectivity index (χ1v) is 5.87. The van der Waals surface area contributed by atoms with Gasteiger partial charge >= 0.3 is 0 Å². The van der Waals surface area contributed by atoms with Crippen LogP contribution >= 0.6 is 23.7 Å². The highest BCUT2D eigenvalue weighted by Gasteiger charge is 2.14. The summed E-state index contributed by atoms with van der Waals surface area (Å²) in [6.45, 7) is 0. The second-order valence-electron chi connectivity index (χ2n) is 2.63. The van der Waals surface area contributed by atoms with Crippen molar-refractivity contribution in [3.05, 3.63) is 30.3 Å². The van der Waals surface area contributed by atoms with Gasteiger partial charge in [-0.05, 0) is 12.1 Å². The summed E-state index contributed by atoms with van der Waals surface area (Å²) in [5.74, 6) is 0.422. The van der Waals surface area contributed by atoms with E-state index in [-0.39, 0.29) is 5.91 Å². The van der Waals surface area contributed by atoms with Crippen molar-refractivity contribution in [3.8, 4) is 0 Å². The second-order valence-corrected chi connectivity index (χ2v) is 4.65. The normalized spacial score (nSPS) is 15.4. The summed E-state index contributed by atoms with van der Waals surface area (Å²) in [7, 11) is 0. The number of hydrogen-bond acceptors (Lipinski definition) is 4. The number of hydrogen-bond donors (Lipinski definition) is 1. The quantitative estimate of drug-likeness (QED) is 0.783. The van der Waals surface area contributed by atoms with Crippen LogP contribution in [0.5, 0.6) is 0 Å². The highest BCUT2D eigenvalue weighted by Crippen LogP contribution is 2.24. The second kappa shape index (κ2) is 4.52. The Balaban J connectivity index is 1.89. The molecule has 0 atom stereocenters. The van der Waals surface area contributed by atoms with Crippen molar-refractivity contribution in [2.75, 3.05) is 10.5 Å². The van der Waals surface area contributed by atoms with E-state index in [4.69, 9.17) is 0 Å². The smallest absolute Gasteiger partial charge is 0.257 e. The number of carbonyl (C=O) groups excluding carboxylic acids is 1. The molecule has 0 unspecified atom stereocenters.